The van der Waals surface area contributed by atoms with Crippen LogP contribution in [0.5, 0.6) is 0 Å². The number of hydrogen-bond donors (Lipinski definition) is 1. The number of esters is 1. The Hall–Kier alpha value is -1.43. The van der Waals surface area contributed by atoms with E-state index in [0.717, 1.165) is 4.88 Å². The van der Waals surface area contributed by atoms with Crippen molar-refractivity contribution in [3.8, 4) is 0 Å². The van der Waals surface area contributed by atoms with Gasteiger partial charge in [0.1, 0.15) is 5.01 Å². The van der Waals surface area contributed by atoms with E-state index in [1.807, 2.05) is 6.92 Å². The van der Waals surface area contributed by atoms with Crippen LogP contribution in [0.3, 0.4) is 0 Å². The molecule has 1 heterocycles. The van der Waals surface area contributed by atoms with E-state index in [0.29, 0.717) is 23.7 Å². The standard InChI is InChI=1S/C10H14N2O3S/c1-3-6-9(10(14)15-4-2)12-8(16-6)5-7(11)13/h3-5H2,1-2H3,(H2,11,13). The zero-order valence-electron chi connectivity index (χ0n) is 9.28. The number of aromatic nitrogens is 1. The smallest absolute Gasteiger partial charge is 0.358 e. The number of nitrogens with two attached hydrogens (primary N) is 1. The predicted molar refractivity (Wildman–Crippen MR) is 60.3 cm³/mol. The summed E-state index contributed by atoms with van der Waals surface area (Å²) >= 11 is 1.33. The van der Waals surface area contributed by atoms with Gasteiger partial charge in [-0.3, -0.25) is 4.79 Å². The Morgan fingerprint density at radius 1 is 1.44 bits per heavy atom. The van der Waals surface area contributed by atoms with E-state index in [9.17, 15) is 9.59 Å². The lowest BCUT2D eigenvalue weighted by Crippen LogP contribution is -2.14. The van der Waals surface area contributed by atoms with Crippen LogP contribution in [0.1, 0.15) is 34.2 Å². The number of thiazole rings is 1. The van der Waals surface area contributed by atoms with E-state index in [4.69, 9.17) is 10.5 Å². The fourth-order valence-electron chi connectivity index (χ4n) is 1.22. The third-order valence-electron chi connectivity index (χ3n) is 1.86. The van der Waals surface area contributed by atoms with Gasteiger partial charge in [-0.1, -0.05) is 6.92 Å². The van der Waals surface area contributed by atoms with Crippen molar-refractivity contribution >= 4 is 23.2 Å². The monoisotopic (exact) mass is 242 g/mol. The van der Waals surface area contributed by atoms with Crippen molar-refractivity contribution in [2.45, 2.75) is 26.7 Å². The highest BCUT2D eigenvalue weighted by Gasteiger charge is 2.18. The van der Waals surface area contributed by atoms with Crippen LogP contribution in [-0.4, -0.2) is 23.5 Å². The van der Waals surface area contributed by atoms with Crippen molar-refractivity contribution in [3.63, 3.8) is 0 Å². The number of amides is 1. The van der Waals surface area contributed by atoms with Gasteiger partial charge in [-0.15, -0.1) is 11.3 Å². The molecule has 5 nitrogen and oxygen atoms in total. The Morgan fingerprint density at radius 2 is 2.12 bits per heavy atom. The first-order chi connectivity index (χ1) is 7.58. The first-order valence-electron chi connectivity index (χ1n) is 5.02. The summed E-state index contributed by atoms with van der Waals surface area (Å²) in [5.74, 6) is -0.891. The highest BCUT2D eigenvalue weighted by Crippen LogP contribution is 2.20. The molecule has 0 radical (unpaired) electrons. The van der Waals surface area contributed by atoms with Crippen LogP contribution in [-0.2, 0) is 22.4 Å². The quantitative estimate of drug-likeness (QED) is 0.778. The summed E-state index contributed by atoms with van der Waals surface area (Å²) in [5.41, 5.74) is 5.38. The lowest BCUT2D eigenvalue weighted by molar-refractivity contribution is -0.117. The number of carbonyl (C=O) groups excluding carboxylic acids is 2. The fourth-order valence-corrected chi connectivity index (χ4v) is 2.23. The molecule has 0 aliphatic heterocycles. The van der Waals surface area contributed by atoms with Crippen LogP contribution in [0.15, 0.2) is 0 Å². The summed E-state index contributed by atoms with van der Waals surface area (Å²) in [7, 11) is 0. The van der Waals surface area contributed by atoms with Crippen molar-refractivity contribution in [1.82, 2.24) is 4.98 Å². The largest absolute Gasteiger partial charge is 0.461 e. The van der Waals surface area contributed by atoms with Gasteiger partial charge in [-0.25, -0.2) is 9.78 Å². The van der Waals surface area contributed by atoms with Gasteiger partial charge in [0, 0.05) is 4.88 Å². The number of nitrogens with zero attached hydrogens (tertiary/aromatic N) is 1. The highest BCUT2D eigenvalue weighted by molar-refractivity contribution is 7.12. The van der Waals surface area contributed by atoms with E-state index in [2.05, 4.69) is 4.98 Å². The maximum absolute atomic E-state index is 11.5. The van der Waals surface area contributed by atoms with Crippen LogP contribution in [0.4, 0.5) is 0 Å². The first-order valence-corrected chi connectivity index (χ1v) is 5.84. The molecule has 2 N–H and O–H groups in total. The molecule has 0 spiro atoms. The van der Waals surface area contributed by atoms with Crippen molar-refractivity contribution in [2.75, 3.05) is 6.61 Å². The molecule has 0 aromatic carbocycles. The summed E-state index contributed by atoms with van der Waals surface area (Å²) in [6.07, 6.45) is 0.752. The summed E-state index contributed by atoms with van der Waals surface area (Å²) in [5, 5.41) is 0.562. The lowest BCUT2D eigenvalue weighted by atomic mass is 10.3. The number of hydrogen-bond acceptors (Lipinski definition) is 5. The molecule has 6 heteroatoms. The predicted octanol–water partition coefficient (Wildman–Crippen LogP) is 0.910. The first kappa shape index (κ1) is 12.6. The number of ether oxygens (including phenoxy) is 1. The van der Waals surface area contributed by atoms with Gasteiger partial charge in [-0.05, 0) is 13.3 Å². The van der Waals surface area contributed by atoms with E-state index < -0.39 is 11.9 Å². The molecule has 16 heavy (non-hydrogen) atoms. The average molecular weight is 242 g/mol. The molecule has 0 unspecified atom stereocenters. The normalized spacial score (nSPS) is 10.1. The Morgan fingerprint density at radius 3 is 2.62 bits per heavy atom. The van der Waals surface area contributed by atoms with E-state index in [-0.39, 0.29) is 6.42 Å². The van der Waals surface area contributed by atoms with Crippen molar-refractivity contribution in [2.24, 2.45) is 5.73 Å². The SMILES string of the molecule is CCOC(=O)c1nc(CC(N)=O)sc1CC. The van der Waals surface area contributed by atoms with Crippen LogP contribution >= 0.6 is 11.3 Å². The summed E-state index contributed by atoms with van der Waals surface area (Å²) in [6, 6.07) is 0. The molecule has 0 atom stereocenters. The number of primary amides is 1. The van der Waals surface area contributed by atoms with Gasteiger partial charge < -0.3 is 10.5 Å². The van der Waals surface area contributed by atoms with Crippen LogP contribution in [0.2, 0.25) is 0 Å². The summed E-state index contributed by atoms with van der Waals surface area (Å²) in [6.45, 7) is 3.97. The molecular weight excluding hydrogens is 228 g/mol. The Balaban J connectivity index is 2.94. The third kappa shape index (κ3) is 3.03. The van der Waals surface area contributed by atoms with Gasteiger partial charge in [0.15, 0.2) is 5.69 Å². The maximum Gasteiger partial charge on any atom is 0.358 e. The molecule has 1 aromatic heterocycles. The number of rotatable bonds is 5. The minimum absolute atomic E-state index is 0.0665. The second-order valence-corrected chi connectivity index (χ2v) is 4.26. The third-order valence-corrected chi connectivity index (χ3v) is 3.06. The minimum Gasteiger partial charge on any atom is -0.461 e. The zero-order valence-corrected chi connectivity index (χ0v) is 10.1. The fraction of sp³-hybridized carbons (Fsp3) is 0.500. The van der Waals surface area contributed by atoms with Crippen LogP contribution in [0, 0.1) is 0 Å². The maximum atomic E-state index is 11.5. The molecule has 0 aliphatic rings. The molecule has 1 aromatic rings. The zero-order chi connectivity index (χ0) is 12.1. The van der Waals surface area contributed by atoms with Crippen LogP contribution in [0.25, 0.3) is 0 Å². The van der Waals surface area contributed by atoms with Crippen molar-refractivity contribution in [1.29, 1.82) is 0 Å². The molecule has 88 valence electrons. The van der Waals surface area contributed by atoms with Gasteiger partial charge in [0.2, 0.25) is 5.91 Å². The summed E-state index contributed by atoms with van der Waals surface area (Å²) < 4.78 is 4.88. The molecule has 0 saturated heterocycles. The molecule has 0 aliphatic carbocycles. The summed E-state index contributed by atoms with van der Waals surface area (Å²) in [4.78, 5) is 27.2. The van der Waals surface area contributed by atoms with Gasteiger partial charge in [0.25, 0.3) is 0 Å². The van der Waals surface area contributed by atoms with Gasteiger partial charge >= 0.3 is 5.97 Å². The Labute approximate surface area is 97.6 Å². The second kappa shape index (κ2) is 5.60. The molecule has 1 amide bonds. The number of aryl methyl sites for hydroxylation is 1. The number of carbonyl (C=O) groups is 2. The molecule has 1 rings (SSSR count). The van der Waals surface area contributed by atoms with Gasteiger partial charge in [-0.2, -0.15) is 0 Å². The Bertz CT molecular complexity index is 401. The molecule has 0 bridgehead atoms. The molecular formula is C10H14N2O3S. The minimum atomic E-state index is -0.452. The van der Waals surface area contributed by atoms with Crippen molar-refractivity contribution < 1.29 is 14.3 Å². The average Bonchev–Trinajstić information content (AvgIpc) is 2.60. The lowest BCUT2D eigenvalue weighted by Gasteiger charge is -1.99. The Kier molecular flexibility index (Phi) is 4.42. The topological polar surface area (TPSA) is 82.3 Å². The van der Waals surface area contributed by atoms with Crippen molar-refractivity contribution in [3.05, 3.63) is 15.6 Å². The van der Waals surface area contributed by atoms with E-state index in [1.165, 1.54) is 11.3 Å². The van der Waals surface area contributed by atoms with Gasteiger partial charge in [0.05, 0.1) is 13.0 Å². The highest BCUT2D eigenvalue weighted by atomic mass is 32.1. The van der Waals surface area contributed by atoms with E-state index in [1.54, 1.807) is 6.92 Å². The van der Waals surface area contributed by atoms with E-state index >= 15 is 0 Å². The van der Waals surface area contributed by atoms with Crippen LogP contribution < -0.4 is 5.73 Å². The molecule has 0 saturated carbocycles. The second-order valence-electron chi connectivity index (χ2n) is 3.10. The molecule has 0 fully saturated rings.